The van der Waals surface area contributed by atoms with Crippen molar-refractivity contribution in [3.05, 3.63) is 23.5 Å². The Balaban J connectivity index is 2.02. The lowest BCUT2D eigenvalue weighted by Crippen LogP contribution is -2.26. The molecule has 1 aromatic carbocycles. The zero-order valence-electron chi connectivity index (χ0n) is 10.7. The molecular formula is C13H18FN3O2. The highest BCUT2D eigenvalue weighted by molar-refractivity contribution is 6.00. The fourth-order valence-corrected chi connectivity index (χ4v) is 2.33. The Hall–Kier alpha value is -1.82. The number of nitrogens with zero attached hydrogens (tertiary/aromatic N) is 1. The summed E-state index contributed by atoms with van der Waals surface area (Å²) >= 11 is 0. The molecule has 0 bridgehead atoms. The number of halogens is 1. The zero-order chi connectivity index (χ0) is 13.8. The van der Waals surface area contributed by atoms with Gasteiger partial charge in [-0.2, -0.15) is 0 Å². The van der Waals surface area contributed by atoms with E-state index in [1.54, 1.807) is 0 Å². The number of nitrogens with two attached hydrogens (primary N) is 1. The molecule has 0 saturated carbocycles. The fourth-order valence-electron chi connectivity index (χ4n) is 2.33. The van der Waals surface area contributed by atoms with Gasteiger partial charge in [0.05, 0.1) is 11.4 Å². The highest BCUT2D eigenvalue weighted by atomic mass is 19.1. The lowest BCUT2D eigenvalue weighted by atomic mass is 10.1. The number of likely N-dealkylation sites (tertiary alicyclic amines) is 1. The van der Waals surface area contributed by atoms with Gasteiger partial charge in [-0.25, -0.2) is 9.18 Å². The molecule has 5 nitrogen and oxygen atoms in total. The van der Waals surface area contributed by atoms with Crippen LogP contribution in [0.4, 0.5) is 15.8 Å². The van der Waals surface area contributed by atoms with Crippen molar-refractivity contribution in [2.45, 2.75) is 12.8 Å². The standard InChI is InChI=1S/C13H18FN3O2/c14-9-3-4-10(11(12(9)15)13(18)19)16-5-8-17-6-1-2-7-17/h3-4,16H,1-2,5-8,15H2,(H,18,19). The number of hydrogen-bond donors (Lipinski definition) is 3. The molecule has 0 aliphatic carbocycles. The summed E-state index contributed by atoms with van der Waals surface area (Å²) in [6, 6.07) is 2.60. The minimum Gasteiger partial charge on any atom is -0.478 e. The van der Waals surface area contributed by atoms with Crippen LogP contribution in [0.3, 0.4) is 0 Å². The summed E-state index contributed by atoms with van der Waals surface area (Å²) in [7, 11) is 0. The third-order valence-corrected chi connectivity index (χ3v) is 3.35. The maximum absolute atomic E-state index is 13.3. The van der Waals surface area contributed by atoms with E-state index in [1.807, 2.05) is 0 Å². The summed E-state index contributed by atoms with van der Waals surface area (Å²) in [6.45, 7) is 3.62. The number of carboxylic acids is 1. The number of aromatic carboxylic acids is 1. The van der Waals surface area contributed by atoms with Crippen LogP contribution in [0, 0.1) is 5.82 Å². The molecule has 1 aliphatic heterocycles. The highest BCUT2D eigenvalue weighted by Gasteiger charge is 2.17. The lowest BCUT2D eigenvalue weighted by Gasteiger charge is -2.17. The average molecular weight is 267 g/mol. The van der Waals surface area contributed by atoms with Crippen LogP contribution < -0.4 is 11.1 Å². The molecule has 0 radical (unpaired) electrons. The van der Waals surface area contributed by atoms with Crippen molar-refractivity contribution in [3.8, 4) is 0 Å². The highest BCUT2D eigenvalue weighted by Crippen LogP contribution is 2.25. The van der Waals surface area contributed by atoms with E-state index >= 15 is 0 Å². The monoisotopic (exact) mass is 267 g/mol. The van der Waals surface area contributed by atoms with Gasteiger partial charge in [-0.1, -0.05) is 0 Å². The van der Waals surface area contributed by atoms with Gasteiger partial charge in [0.15, 0.2) is 0 Å². The second-order valence-electron chi connectivity index (χ2n) is 4.66. The Morgan fingerprint density at radius 3 is 2.74 bits per heavy atom. The Kier molecular flexibility index (Phi) is 4.21. The van der Waals surface area contributed by atoms with Crippen LogP contribution in [0.15, 0.2) is 12.1 Å². The SMILES string of the molecule is Nc1c(F)ccc(NCCN2CCCC2)c1C(=O)O. The summed E-state index contributed by atoms with van der Waals surface area (Å²) in [5.74, 6) is -1.93. The van der Waals surface area contributed by atoms with Gasteiger partial charge >= 0.3 is 5.97 Å². The summed E-state index contributed by atoms with van der Waals surface area (Å²) in [5, 5.41) is 12.1. The average Bonchev–Trinajstić information content (AvgIpc) is 2.86. The molecule has 4 N–H and O–H groups in total. The molecule has 19 heavy (non-hydrogen) atoms. The molecule has 1 fully saturated rings. The van der Waals surface area contributed by atoms with Crippen LogP contribution in [-0.2, 0) is 0 Å². The number of hydrogen-bond acceptors (Lipinski definition) is 4. The first-order chi connectivity index (χ1) is 9.09. The van der Waals surface area contributed by atoms with E-state index in [0.717, 1.165) is 19.6 Å². The van der Waals surface area contributed by atoms with Crippen molar-refractivity contribution in [1.82, 2.24) is 4.90 Å². The van der Waals surface area contributed by atoms with Gasteiger partial charge in [0.1, 0.15) is 11.4 Å². The number of anilines is 2. The molecule has 1 aliphatic rings. The van der Waals surface area contributed by atoms with Crippen LogP contribution in [0.5, 0.6) is 0 Å². The quantitative estimate of drug-likeness (QED) is 0.706. The van der Waals surface area contributed by atoms with Crippen molar-refractivity contribution in [3.63, 3.8) is 0 Å². The molecule has 1 aromatic rings. The van der Waals surface area contributed by atoms with Crippen LogP contribution >= 0.6 is 0 Å². The zero-order valence-corrected chi connectivity index (χ0v) is 10.7. The summed E-state index contributed by atoms with van der Waals surface area (Å²) in [4.78, 5) is 13.4. The predicted molar refractivity (Wildman–Crippen MR) is 71.9 cm³/mol. The van der Waals surface area contributed by atoms with E-state index in [2.05, 4.69) is 10.2 Å². The molecule has 0 unspecified atom stereocenters. The molecule has 0 spiro atoms. The van der Waals surface area contributed by atoms with E-state index in [0.29, 0.717) is 12.2 Å². The Bertz CT molecular complexity index is 473. The van der Waals surface area contributed by atoms with Crippen molar-refractivity contribution in [2.75, 3.05) is 37.2 Å². The predicted octanol–water partition coefficient (Wildman–Crippen LogP) is 1.61. The van der Waals surface area contributed by atoms with E-state index in [9.17, 15) is 9.18 Å². The summed E-state index contributed by atoms with van der Waals surface area (Å²) in [6.07, 6.45) is 2.42. The lowest BCUT2D eigenvalue weighted by molar-refractivity contribution is 0.0698. The number of carboxylic acid groups (broad SMARTS) is 1. The molecule has 1 saturated heterocycles. The first-order valence-electron chi connectivity index (χ1n) is 6.37. The molecule has 0 atom stereocenters. The second-order valence-corrected chi connectivity index (χ2v) is 4.66. The number of rotatable bonds is 5. The van der Waals surface area contributed by atoms with Crippen molar-refractivity contribution < 1.29 is 14.3 Å². The van der Waals surface area contributed by atoms with E-state index < -0.39 is 11.8 Å². The third-order valence-electron chi connectivity index (χ3n) is 3.35. The van der Waals surface area contributed by atoms with Crippen LogP contribution in [0.25, 0.3) is 0 Å². The maximum atomic E-state index is 13.3. The maximum Gasteiger partial charge on any atom is 0.340 e. The van der Waals surface area contributed by atoms with Gasteiger partial charge in [0, 0.05) is 13.1 Å². The number of carbonyl (C=O) groups is 1. The molecule has 6 heteroatoms. The number of nitrogen functional groups attached to an aromatic ring is 1. The normalized spacial score (nSPS) is 15.6. The number of benzene rings is 1. The smallest absolute Gasteiger partial charge is 0.340 e. The van der Waals surface area contributed by atoms with Crippen molar-refractivity contribution in [1.29, 1.82) is 0 Å². The molecule has 1 heterocycles. The first-order valence-corrected chi connectivity index (χ1v) is 6.37. The molecule has 104 valence electrons. The topological polar surface area (TPSA) is 78.6 Å². The Labute approximate surface area is 111 Å². The van der Waals surface area contributed by atoms with Crippen LogP contribution in [0.2, 0.25) is 0 Å². The van der Waals surface area contributed by atoms with E-state index in [-0.39, 0.29) is 11.3 Å². The van der Waals surface area contributed by atoms with Gasteiger partial charge in [0.25, 0.3) is 0 Å². The minimum absolute atomic E-state index is 0.193. The minimum atomic E-state index is -1.22. The van der Waals surface area contributed by atoms with Crippen LogP contribution in [-0.4, -0.2) is 42.2 Å². The van der Waals surface area contributed by atoms with Gasteiger partial charge in [-0.15, -0.1) is 0 Å². The molecular weight excluding hydrogens is 249 g/mol. The van der Waals surface area contributed by atoms with Crippen molar-refractivity contribution in [2.24, 2.45) is 0 Å². The van der Waals surface area contributed by atoms with Crippen molar-refractivity contribution >= 4 is 17.3 Å². The largest absolute Gasteiger partial charge is 0.478 e. The van der Waals surface area contributed by atoms with E-state index in [4.69, 9.17) is 10.8 Å². The third kappa shape index (κ3) is 3.14. The Morgan fingerprint density at radius 1 is 1.42 bits per heavy atom. The van der Waals surface area contributed by atoms with Gasteiger partial charge in [-0.05, 0) is 38.1 Å². The van der Waals surface area contributed by atoms with E-state index in [1.165, 1.54) is 25.0 Å². The summed E-state index contributed by atoms with van der Waals surface area (Å²) in [5.41, 5.74) is 5.32. The van der Waals surface area contributed by atoms with Gasteiger partial charge in [0.2, 0.25) is 0 Å². The Morgan fingerprint density at radius 2 is 2.11 bits per heavy atom. The van der Waals surface area contributed by atoms with Crippen LogP contribution in [0.1, 0.15) is 23.2 Å². The van der Waals surface area contributed by atoms with Gasteiger partial charge < -0.3 is 21.1 Å². The number of nitrogens with one attached hydrogen (secondary N) is 1. The first kappa shape index (κ1) is 13.6. The molecule has 2 rings (SSSR count). The van der Waals surface area contributed by atoms with Gasteiger partial charge in [-0.3, -0.25) is 0 Å². The summed E-state index contributed by atoms with van der Waals surface area (Å²) < 4.78 is 13.3. The fraction of sp³-hybridized carbons (Fsp3) is 0.462. The molecule has 0 aromatic heterocycles. The second kappa shape index (κ2) is 5.88. The molecule has 0 amide bonds.